The van der Waals surface area contributed by atoms with Gasteiger partial charge in [-0.25, -0.2) is 4.57 Å². The predicted octanol–water partition coefficient (Wildman–Crippen LogP) is 4.19. The molecule has 0 amide bonds. The van der Waals surface area contributed by atoms with Crippen molar-refractivity contribution < 1.29 is 4.57 Å². The summed E-state index contributed by atoms with van der Waals surface area (Å²) >= 11 is 0. The van der Waals surface area contributed by atoms with Gasteiger partial charge in [0.15, 0.2) is 0 Å². The van der Waals surface area contributed by atoms with Crippen LogP contribution in [0.1, 0.15) is 5.56 Å². The van der Waals surface area contributed by atoms with Gasteiger partial charge in [-0.1, -0.05) is 42.5 Å². The second kappa shape index (κ2) is 4.92. The third-order valence-electron chi connectivity index (χ3n) is 4.26. The maximum Gasteiger partial charge on any atom is 0.330 e. The normalized spacial score (nSPS) is 11.2. The van der Waals surface area contributed by atoms with Crippen LogP contribution in [0.3, 0.4) is 0 Å². The van der Waals surface area contributed by atoms with Crippen molar-refractivity contribution in [3.05, 3.63) is 72.6 Å². The molecule has 0 N–H and O–H groups in total. The van der Waals surface area contributed by atoms with Crippen molar-refractivity contribution in [1.29, 1.82) is 0 Å². The van der Waals surface area contributed by atoms with Gasteiger partial charge >= 0.3 is 5.82 Å². The van der Waals surface area contributed by atoms with E-state index in [1.165, 1.54) is 32.7 Å². The van der Waals surface area contributed by atoms with E-state index in [1.54, 1.807) is 0 Å². The molecule has 0 unspecified atom stereocenters. The molecule has 0 spiro atoms. The Morgan fingerprint density at radius 1 is 0.864 bits per heavy atom. The average molecular weight is 285 g/mol. The zero-order valence-corrected chi connectivity index (χ0v) is 12.7. The Morgan fingerprint density at radius 3 is 2.55 bits per heavy atom. The summed E-state index contributed by atoms with van der Waals surface area (Å²) in [6.45, 7) is 2.15. The number of fused-ring (bicyclic) bond motifs is 3. The number of hydrogen-bond donors (Lipinski definition) is 0. The maximum atomic E-state index is 4.56. The minimum absolute atomic E-state index is 0.995. The quantitative estimate of drug-likeness (QED) is 0.378. The second-order valence-corrected chi connectivity index (χ2v) is 5.73. The molecular formula is C20H17N2+. The van der Waals surface area contributed by atoms with Crippen LogP contribution in [-0.4, -0.2) is 4.98 Å². The van der Waals surface area contributed by atoms with Crippen molar-refractivity contribution in [1.82, 2.24) is 4.98 Å². The first kappa shape index (κ1) is 13.0. The van der Waals surface area contributed by atoms with Crippen molar-refractivity contribution in [2.24, 2.45) is 7.05 Å². The van der Waals surface area contributed by atoms with Gasteiger partial charge in [-0.15, -0.1) is 0 Å². The molecule has 0 aliphatic rings. The standard InChI is InChI=1S/C20H17N2/c1-14-12-16-9-8-15-6-3-4-7-17(15)19(16)13-18(14)20-21-10-5-11-22(20)2/h3-13H,1-2H3/q+1. The van der Waals surface area contributed by atoms with E-state index >= 15 is 0 Å². The average Bonchev–Trinajstić information content (AvgIpc) is 2.55. The summed E-state index contributed by atoms with van der Waals surface area (Å²) in [5, 5.41) is 5.12. The third kappa shape index (κ3) is 1.96. The number of hydrogen-bond acceptors (Lipinski definition) is 1. The second-order valence-electron chi connectivity index (χ2n) is 5.73. The summed E-state index contributed by atoms with van der Waals surface area (Å²) < 4.78 is 2.07. The van der Waals surface area contributed by atoms with Gasteiger partial charge in [0.1, 0.15) is 6.20 Å². The molecule has 106 valence electrons. The Bertz CT molecular complexity index is 1000. The van der Waals surface area contributed by atoms with Gasteiger partial charge in [0.05, 0.1) is 18.8 Å². The van der Waals surface area contributed by atoms with Crippen molar-refractivity contribution in [3.63, 3.8) is 0 Å². The Labute approximate surface area is 129 Å². The molecule has 0 saturated heterocycles. The lowest BCUT2D eigenvalue weighted by molar-refractivity contribution is -0.663. The maximum absolute atomic E-state index is 4.56. The van der Waals surface area contributed by atoms with E-state index in [0.717, 1.165) is 5.82 Å². The lowest BCUT2D eigenvalue weighted by Crippen LogP contribution is -2.31. The molecule has 2 heteroatoms. The van der Waals surface area contributed by atoms with Crippen LogP contribution < -0.4 is 4.57 Å². The van der Waals surface area contributed by atoms with Crippen LogP contribution in [0.2, 0.25) is 0 Å². The number of benzene rings is 3. The van der Waals surface area contributed by atoms with Crippen LogP contribution in [0.25, 0.3) is 32.9 Å². The van der Waals surface area contributed by atoms with Gasteiger partial charge in [-0.3, -0.25) is 0 Å². The lowest BCUT2D eigenvalue weighted by Gasteiger charge is -2.08. The first-order valence-electron chi connectivity index (χ1n) is 7.47. The number of aryl methyl sites for hydroxylation is 2. The van der Waals surface area contributed by atoms with E-state index in [2.05, 4.69) is 65.0 Å². The van der Waals surface area contributed by atoms with Crippen molar-refractivity contribution >= 4 is 21.5 Å². The molecule has 0 aliphatic carbocycles. The third-order valence-corrected chi connectivity index (χ3v) is 4.26. The molecule has 2 nitrogen and oxygen atoms in total. The molecule has 0 atom stereocenters. The van der Waals surface area contributed by atoms with Crippen LogP contribution in [0.5, 0.6) is 0 Å². The summed E-state index contributed by atoms with van der Waals surface area (Å²) in [5.74, 6) is 0.995. The van der Waals surface area contributed by atoms with E-state index in [1.807, 2.05) is 25.5 Å². The molecule has 0 radical (unpaired) electrons. The van der Waals surface area contributed by atoms with Crippen LogP contribution in [0.4, 0.5) is 0 Å². The van der Waals surface area contributed by atoms with E-state index in [9.17, 15) is 0 Å². The molecule has 0 aliphatic heterocycles. The minimum Gasteiger partial charge on any atom is -0.233 e. The summed E-state index contributed by atoms with van der Waals surface area (Å²) in [7, 11) is 2.04. The van der Waals surface area contributed by atoms with Crippen LogP contribution in [0, 0.1) is 6.92 Å². The Balaban J connectivity index is 2.10. The summed E-state index contributed by atoms with van der Waals surface area (Å²) in [6.07, 6.45) is 3.89. The lowest BCUT2D eigenvalue weighted by atomic mass is 9.96. The number of aromatic nitrogens is 2. The molecule has 0 fully saturated rings. The van der Waals surface area contributed by atoms with E-state index in [-0.39, 0.29) is 0 Å². The molecule has 1 heterocycles. The molecule has 3 aromatic carbocycles. The van der Waals surface area contributed by atoms with Gasteiger partial charge in [0.2, 0.25) is 0 Å². The van der Waals surface area contributed by atoms with Crippen molar-refractivity contribution in [2.75, 3.05) is 0 Å². The fraction of sp³-hybridized carbons (Fsp3) is 0.100. The van der Waals surface area contributed by atoms with Gasteiger partial charge in [-0.2, -0.15) is 0 Å². The Hall–Kier alpha value is -2.74. The smallest absolute Gasteiger partial charge is 0.233 e. The van der Waals surface area contributed by atoms with Crippen LogP contribution in [-0.2, 0) is 7.05 Å². The first-order valence-corrected chi connectivity index (χ1v) is 7.47. The van der Waals surface area contributed by atoms with Gasteiger partial charge in [-0.05, 0) is 45.1 Å². The monoisotopic (exact) mass is 285 g/mol. The molecule has 4 aromatic rings. The first-order chi connectivity index (χ1) is 10.7. The number of rotatable bonds is 1. The van der Waals surface area contributed by atoms with Gasteiger partial charge < -0.3 is 0 Å². The SMILES string of the molecule is Cc1cc2ccc3ccccc3c2cc1-c1nccc[n+]1C. The van der Waals surface area contributed by atoms with E-state index in [0.29, 0.717) is 0 Å². The zero-order valence-electron chi connectivity index (χ0n) is 12.7. The fourth-order valence-electron chi connectivity index (χ4n) is 3.11. The minimum atomic E-state index is 0.995. The van der Waals surface area contributed by atoms with Gasteiger partial charge in [0, 0.05) is 6.07 Å². The highest BCUT2D eigenvalue weighted by Crippen LogP contribution is 2.30. The molecule has 0 bridgehead atoms. The summed E-state index contributed by atoms with van der Waals surface area (Å²) in [5.41, 5.74) is 2.43. The highest BCUT2D eigenvalue weighted by atomic mass is 15.0. The van der Waals surface area contributed by atoms with Crippen LogP contribution in [0.15, 0.2) is 67.0 Å². The summed E-state index contributed by atoms with van der Waals surface area (Å²) in [4.78, 5) is 4.56. The largest absolute Gasteiger partial charge is 0.330 e. The molecular weight excluding hydrogens is 268 g/mol. The topological polar surface area (TPSA) is 16.8 Å². The molecule has 1 aromatic heterocycles. The molecule has 22 heavy (non-hydrogen) atoms. The van der Waals surface area contributed by atoms with Crippen LogP contribution >= 0.6 is 0 Å². The Morgan fingerprint density at radius 2 is 1.68 bits per heavy atom. The molecule has 0 saturated carbocycles. The van der Waals surface area contributed by atoms with E-state index < -0.39 is 0 Å². The van der Waals surface area contributed by atoms with Crippen molar-refractivity contribution in [2.45, 2.75) is 6.92 Å². The zero-order chi connectivity index (χ0) is 15.1. The highest BCUT2D eigenvalue weighted by molar-refractivity contribution is 6.08. The van der Waals surface area contributed by atoms with E-state index in [4.69, 9.17) is 0 Å². The fourth-order valence-corrected chi connectivity index (χ4v) is 3.11. The van der Waals surface area contributed by atoms with Gasteiger partial charge in [0.25, 0.3) is 0 Å². The number of nitrogens with zero attached hydrogens (tertiary/aromatic N) is 2. The summed E-state index contributed by atoms with van der Waals surface area (Å²) in [6, 6.07) is 19.4. The highest BCUT2D eigenvalue weighted by Gasteiger charge is 2.15. The Kier molecular flexibility index (Phi) is 2.90. The predicted molar refractivity (Wildman–Crippen MR) is 90.6 cm³/mol. The molecule has 4 rings (SSSR count). The van der Waals surface area contributed by atoms with Crippen molar-refractivity contribution in [3.8, 4) is 11.4 Å².